The van der Waals surface area contributed by atoms with Gasteiger partial charge in [-0.3, -0.25) is 14.5 Å². The second-order valence-corrected chi connectivity index (χ2v) is 6.40. The van der Waals surface area contributed by atoms with Crippen molar-refractivity contribution in [2.45, 2.75) is 31.8 Å². The Labute approximate surface area is 152 Å². The summed E-state index contributed by atoms with van der Waals surface area (Å²) in [6.07, 6.45) is 1.28. The van der Waals surface area contributed by atoms with Crippen molar-refractivity contribution in [1.82, 2.24) is 10.2 Å². The van der Waals surface area contributed by atoms with E-state index in [-0.39, 0.29) is 12.5 Å². The zero-order valence-electron chi connectivity index (χ0n) is 14.6. The quantitative estimate of drug-likeness (QED) is 0.783. The fourth-order valence-corrected chi connectivity index (χ4v) is 3.33. The second-order valence-electron chi connectivity index (χ2n) is 6.40. The van der Waals surface area contributed by atoms with E-state index < -0.39 is 17.5 Å². The molecular formula is C20H21N3O3. The van der Waals surface area contributed by atoms with Crippen LogP contribution in [0.4, 0.5) is 4.79 Å². The first-order valence-electron chi connectivity index (χ1n) is 8.56. The number of imide groups is 1. The third-order valence-corrected chi connectivity index (χ3v) is 4.65. The molecule has 0 saturated carbocycles. The van der Waals surface area contributed by atoms with E-state index in [0.717, 1.165) is 17.5 Å². The van der Waals surface area contributed by atoms with Gasteiger partial charge < -0.3 is 11.1 Å². The van der Waals surface area contributed by atoms with Crippen molar-refractivity contribution in [3.63, 3.8) is 0 Å². The molecule has 4 amide bonds. The summed E-state index contributed by atoms with van der Waals surface area (Å²) in [7, 11) is 0. The number of rotatable bonds is 6. The molecule has 6 heteroatoms. The van der Waals surface area contributed by atoms with Crippen LogP contribution in [0.15, 0.2) is 54.6 Å². The lowest BCUT2D eigenvalue weighted by atomic mass is 9.85. The lowest BCUT2D eigenvalue weighted by Crippen LogP contribution is -2.43. The van der Waals surface area contributed by atoms with Crippen LogP contribution in [-0.4, -0.2) is 22.7 Å². The molecule has 1 aliphatic heterocycles. The highest BCUT2D eigenvalue weighted by molar-refractivity contribution is 6.07. The number of hydrogen-bond donors (Lipinski definition) is 2. The Kier molecular flexibility index (Phi) is 4.75. The SMILES string of the molecule is CCC[C@]1(c2ccccc2)NC(=O)N(Cc2ccc(C(N)=O)cc2)C1=O. The lowest BCUT2D eigenvalue weighted by molar-refractivity contribution is -0.132. The van der Waals surface area contributed by atoms with Gasteiger partial charge in [0, 0.05) is 5.56 Å². The zero-order valence-corrected chi connectivity index (χ0v) is 14.6. The van der Waals surface area contributed by atoms with Crippen molar-refractivity contribution in [2.75, 3.05) is 0 Å². The Hall–Kier alpha value is -3.15. The van der Waals surface area contributed by atoms with Crippen LogP contribution in [0.25, 0.3) is 0 Å². The van der Waals surface area contributed by atoms with E-state index in [9.17, 15) is 14.4 Å². The average Bonchev–Trinajstić information content (AvgIpc) is 2.88. The van der Waals surface area contributed by atoms with E-state index in [1.807, 2.05) is 37.3 Å². The normalized spacial score (nSPS) is 19.5. The Morgan fingerprint density at radius 3 is 2.31 bits per heavy atom. The molecule has 0 spiro atoms. The van der Waals surface area contributed by atoms with Gasteiger partial charge >= 0.3 is 6.03 Å². The number of nitrogens with one attached hydrogen (secondary N) is 1. The third kappa shape index (κ3) is 3.06. The van der Waals surface area contributed by atoms with E-state index in [0.29, 0.717) is 12.0 Å². The molecule has 1 aliphatic rings. The highest BCUT2D eigenvalue weighted by Gasteiger charge is 2.51. The highest BCUT2D eigenvalue weighted by atomic mass is 16.2. The van der Waals surface area contributed by atoms with Crippen molar-refractivity contribution in [1.29, 1.82) is 0 Å². The van der Waals surface area contributed by atoms with Crippen molar-refractivity contribution < 1.29 is 14.4 Å². The molecule has 0 bridgehead atoms. The topological polar surface area (TPSA) is 92.5 Å². The van der Waals surface area contributed by atoms with Crippen LogP contribution in [-0.2, 0) is 16.9 Å². The molecule has 26 heavy (non-hydrogen) atoms. The minimum Gasteiger partial charge on any atom is -0.366 e. The number of carbonyl (C=O) groups excluding carboxylic acids is 3. The first-order valence-corrected chi connectivity index (χ1v) is 8.56. The maximum absolute atomic E-state index is 13.2. The Morgan fingerprint density at radius 2 is 1.73 bits per heavy atom. The summed E-state index contributed by atoms with van der Waals surface area (Å²) in [5.74, 6) is -0.771. The minimum atomic E-state index is -1.03. The molecule has 0 aromatic heterocycles. The van der Waals surface area contributed by atoms with Crippen LogP contribution >= 0.6 is 0 Å². The lowest BCUT2D eigenvalue weighted by Gasteiger charge is -2.27. The molecule has 2 aromatic rings. The molecule has 6 nitrogen and oxygen atoms in total. The van der Waals surface area contributed by atoms with E-state index >= 15 is 0 Å². The molecule has 1 saturated heterocycles. The van der Waals surface area contributed by atoms with Gasteiger partial charge in [0.2, 0.25) is 5.91 Å². The minimum absolute atomic E-state index is 0.141. The van der Waals surface area contributed by atoms with Crippen molar-refractivity contribution in [2.24, 2.45) is 5.73 Å². The molecule has 0 radical (unpaired) electrons. The first kappa shape index (κ1) is 17.7. The predicted octanol–water partition coefficient (Wildman–Crippen LogP) is 2.53. The smallest absolute Gasteiger partial charge is 0.325 e. The average molecular weight is 351 g/mol. The molecular weight excluding hydrogens is 330 g/mol. The maximum atomic E-state index is 13.2. The highest BCUT2D eigenvalue weighted by Crippen LogP contribution is 2.34. The fraction of sp³-hybridized carbons (Fsp3) is 0.250. The summed E-state index contributed by atoms with van der Waals surface area (Å²) in [6.45, 7) is 2.12. The van der Waals surface area contributed by atoms with E-state index in [1.165, 1.54) is 4.90 Å². The first-order chi connectivity index (χ1) is 12.5. The number of amides is 4. The molecule has 0 aliphatic carbocycles. The van der Waals surface area contributed by atoms with Crippen LogP contribution in [0.1, 0.15) is 41.3 Å². The molecule has 134 valence electrons. The van der Waals surface area contributed by atoms with Crippen LogP contribution in [0.2, 0.25) is 0 Å². The van der Waals surface area contributed by atoms with Crippen molar-refractivity contribution in [3.05, 3.63) is 71.3 Å². The number of urea groups is 1. The van der Waals surface area contributed by atoms with Gasteiger partial charge in [0.15, 0.2) is 0 Å². The van der Waals surface area contributed by atoms with Crippen molar-refractivity contribution in [3.8, 4) is 0 Å². The second kappa shape index (κ2) is 7.00. The Morgan fingerprint density at radius 1 is 1.08 bits per heavy atom. The van der Waals surface area contributed by atoms with Crippen LogP contribution in [0, 0.1) is 0 Å². The number of nitrogens with two attached hydrogens (primary N) is 1. The van der Waals surface area contributed by atoms with Gasteiger partial charge in [0.05, 0.1) is 6.54 Å². The Balaban J connectivity index is 1.89. The number of primary amides is 1. The van der Waals surface area contributed by atoms with Crippen molar-refractivity contribution >= 4 is 17.8 Å². The molecule has 3 N–H and O–H groups in total. The third-order valence-electron chi connectivity index (χ3n) is 4.65. The maximum Gasteiger partial charge on any atom is 0.325 e. The standard InChI is InChI=1S/C20H21N3O3/c1-2-12-20(16-6-4-3-5-7-16)18(25)23(19(26)22-20)13-14-8-10-15(11-9-14)17(21)24/h3-11H,2,12-13H2,1H3,(H2,21,24)(H,22,26)/t20-/m1/s1. The van der Waals surface area contributed by atoms with Gasteiger partial charge in [0.1, 0.15) is 5.54 Å². The monoisotopic (exact) mass is 351 g/mol. The summed E-state index contributed by atoms with van der Waals surface area (Å²) in [5, 5.41) is 2.90. The number of carbonyl (C=O) groups is 3. The summed E-state index contributed by atoms with van der Waals surface area (Å²) in [4.78, 5) is 38.1. The molecule has 0 unspecified atom stereocenters. The predicted molar refractivity (Wildman–Crippen MR) is 97.1 cm³/mol. The largest absolute Gasteiger partial charge is 0.366 e. The van der Waals surface area contributed by atoms with Crippen LogP contribution in [0.5, 0.6) is 0 Å². The van der Waals surface area contributed by atoms with E-state index in [1.54, 1.807) is 24.3 Å². The van der Waals surface area contributed by atoms with Gasteiger partial charge in [-0.1, -0.05) is 55.8 Å². The number of hydrogen-bond acceptors (Lipinski definition) is 3. The van der Waals surface area contributed by atoms with Gasteiger partial charge in [-0.2, -0.15) is 0 Å². The number of nitrogens with zero attached hydrogens (tertiary/aromatic N) is 1. The van der Waals surface area contributed by atoms with Gasteiger partial charge in [0.25, 0.3) is 5.91 Å². The number of benzene rings is 2. The zero-order chi connectivity index (χ0) is 18.7. The molecule has 3 rings (SSSR count). The van der Waals surface area contributed by atoms with Crippen LogP contribution < -0.4 is 11.1 Å². The van der Waals surface area contributed by atoms with E-state index in [2.05, 4.69) is 5.32 Å². The Bertz CT molecular complexity index is 833. The van der Waals surface area contributed by atoms with E-state index in [4.69, 9.17) is 5.73 Å². The molecule has 2 aromatic carbocycles. The summed E-state index contributed by atoms with van der Waals surface area (Å²) >= 11 is 0. The summed E-state index contributed by atoms with van der Waals surface area (Å²) < 4.78 is 0. The summed E-state index contributed by atoms with van der Waals surface area (Å²) in [5.41, 5.74) is 6.13. The van der Waals surface area contributed by atoms with Gasteiger partial charge in [-0.15, -0.1) is 0 Å². The molecule has 1 heterocycles. The molecule has 1 fully saturated rings. The van der Waals surface area contributed by atoms with Gasteiger partial charge in [-0.05, 0) is 29.7 Å². The summed E-state index contributed by atoms with van der Waals surface area (Å²) in [6, 6.07) is 15.5. The molecule has 1 atom stereocenters. The van der Waals surface area contributed by atoms with Crippen LogP contribution in [0.3, 0.4) is 0 Å². The fourth-order valence-electron chi connectivity index (χ4n) is 3.33. The van der Waals surface area contributed by atoms with Gasteiger partial charge in [-0.25, -0.2) is 4.79 Å².